The molecule has 0 saturated carbocycles. The number of nitrogens with zero attached hydrogens (tertiary/aromatic N) is 1. The number of nitrogens with one attached hydrogen (secondary N) is 3. The van der Waals surface area contributed by atoms with Crippen LogP contribution in [0.1, 0.15) is 12.0 Å². The van der Waals surface area contributed by atoms with Gasteiger partial charge in [-0.25, -0.2) is 9.18 Å². The molecule has 19 heavy (non-hydrogen) atoms. The third-order valence-corrected chi connectivity index (χ3v) is 2.74. The Hall–Kier alpha value is -1.84. The fourth-order valence-corrected chi connectivity index (χ4v) is 1.81. The molecule has 3 N–H and O–H groups in total. The molecule has 1 fully saturated rings. The summed E-state index contributed by atoms with van der Waals surface area (Å²) in [4.78, 5) is 11.6. The number of carbonyl (C=O) groups is 1. The predicted octanol–water partition coefficient (Wildman–Crippen LogP) is 1.60. The second-order valence-electron chi connectivity index (χ2n) is 4.09. The fraction of sp³-hybridized carbons (Fsp3) is 0.333. The van der Waals surface area contributed by atoms with E-state index in [0.29, 0.717) is 0 Å². The van der Waals surface area contributed by atoms with Crippen LogP contribution in [0, 0.1) is 17.1 Å². The van der Waals surface area contributed by atoms with Gasteiger partial charge < -0.3 is 16.0 Å². The highest BCUT2D eigenvalue weighted by Gasteiger charge is 2.17. The number of carbonyl (C=O) groups excluding carboxylic acids is 1. The number of hydrogen-bond donors (Lipinski definition) is 3. The second-order valence-corrected chi connectivity index (χ2v) is 4.09. The zero-order valence-electron chi connectivity index (χ0n) is 10.1. The van der Waals surface area contributed by atoms with Crippen LogP contribution in [-0.4, -0.2) is 25.2 Å². The van der Waals surface area contributed by atoms with E-state index in [2.05, 4.69) is 16.0 Å². The lowest BCUT2D eigenvalue weighted by atomic mass is 10.2. The average Bonchev–Trinajstić information content (AvgIpc) is 2.84. The molecule has 7 heteroatoms. The van der Waals surface area contributed by atoms with Crippen LogP contribution in [0.3, 0.4) is 0 Å². The molecule has 2 rings (SSSR count). The Morgan fingerprint density at radius 3 is 2.89 bits per heavy atom. The van der Waals surface area contributed by atoms with Crippen molar-refractivity contribution in [3.8, 4) is 6.07 Å². The zero-order valence-corrected chi connectivity index (χ0v) is 10.9. The maximum atomic E-state index is 13.5. The highest BCUT2D eigenvalue weighted by molar-refractivity contribution is 5.89. The third-order valence-electron chi connectivity index (χ3n) is 2.74. The van der Waals surface area contributed by atoms with Crippen molar-refractivity contribution in [2.75, 3.05) is 18.4 Å². The monoisotopic (exact) mass is 284 g/mol. The van der Waals surface area contributed by atoms with Crippen LogP contribution in [0.4, 0.5) is 14.9 Å². The standard InChI is InChI=1S/C12H13FN4O.ClH/c13-10-5-8(6-14)1-2-11(10)17-12(18)16-9-3-4-15-7-9;/h1-2,5,9,15H,3-4,7H2,(H2,16,17,18);1H. The van der Waals surface area contributed by atoms with E-state index in [1.165, 1.54) is 12.1 Å². The highest BCUT2D eigenvalue weighted by Crippen LogP contribution is 2.15. The Morgan fingerprint density at radius 2 is 2.32 bits per heavy atom. The van der Waals surface area contributed by atoms with Crippen LogP contribution in [0.5, 0.6) is 0 Å². The maximum absolute atomic E-state index is 13.5. The van der Waals surface area contributed by atoms with Crippen LogP contribution in [0.25, 0.3) is 0 Å². The third kappa shape index (κ3) is 4.09. The molecular formula is C12H14ClFN4O. The minimum absolute atomic E-state index is 0. The van der Waals surface area contributed by atoms with Crippen molar-refractivity contribution >= 4 is 24.1 Å². The molecule has 0 spiro atoms. The van der Waals surface area contributed by atoms with Crippen molar-refractivity contribution in [3.63, 3.8) is 0 Å². The van der Waals surface area contributed by atoms with Crippen molar-refractivity contribution in [2.24, 2.45) is 0 Å². The van der Waals surface area contributed by atoms with Crippen LogP contribution in [0.2, 0.25) is 0 Å². The number of hydrogen-bond acceptors (Lipinski definition) is 3. The van der Waals surface area contributed by atoms with E-state index in [-0.39, 0.29) is 29.7 Å². The normalized spacial score (nSPS) is 17.2. The Morgan fingerprint density at radius 1 is 1.53 bits per heavy atom. The number of benzene rings is 1. The van der Waals surface area contributed by atoms with Gasteiger partial charge in [0.15, 0.2) is 0 Å². The summed E-state index contributed by atoms with van der Waals surface area (Å²) in [6, 6.07) is 5.39. The lowest BCUT2D eigenvalue weighted by Gasteiger charge is -2.12. The van der Waals surface area contributed by atoms with E-state index in [9.17, 15) is 9.18 Å². The summed E-state index contributed by atoms with van der Waals surface area (Å²) in [5, 5.41) is 16.9. The molecule has 1 aromatic carbocycles. The molecule has 2 amide bonds. The molecule has 1 aromatic rings. The molecule has 1 saturated heterocycles. The molecule has 0 radical (unpaired) electrons. The van der Waals surface area contributed by atoms with Gasteiger partial charge in [0.25, 0.3) is 0 Å². The molecule has 1 heterocycles. The first-order valence-corrected chi connectivity index (χ1v) is 5.67. The van der Waals surface area contributed by atoms with E-state index < -0.39 is 11.8 Å². The first-order valence-electron chi connectivity index (χ1n) is 5.67. The second kappa shape index (κ2) is 6.92. The summed E-state index contributed by atoms with van der Waals surface area (Å²) in [7, 11) is 0. The SMILES string of the molecule is Cl.N#Cc1ccc(NC(=O)NC2CCNC2)c(F)c1. The molecule has 0 aliphatic carbocycles. The van der Waals surface area contributed by atoms with E-state index in [4.69, 9.17) is 5.26 Å². The fourth-order valence-electron chi connectivity index (χ4n) is 1.81. The molecular weight excluding hydrogens is 271 g/mol. The van der Waals surface area contributed by atoms with E-state index >= 15 is 0 Å². The van der Waals surface area contributed by atoms with Crippen molar-refractivity contribution < 1.29 is 9.18 Å². The van der Waals surface area contributed by atoms with Gasteiger partial charge in [-0.3, -0.25) is 0 Å². The van der Waals surface area contributed by atoms with Gasteiger partial charge in [0.1, 0.15) is 5.82 Å². The van der Waals surface area contributed by atoms with Gasteiger partial charge in [-0.05, 0) is 31.2 Å². The molecule has 1 aliphatic rings. The molecule has 0 bridgehead atoms. The molecule has 5 nitrogen and oxygen atoms in total. The smallest absolute Gasteiger partial charge is 0.319 e. The van der Waals surface area contributed by atoms with Gasteiger partial charge in [-0.2, -0.15) is 5.26 Å². The number of rotatable bonds is 2. The lowest BCUT2D eigenvalue weighted by Crippen LogP contribution is -2.39. The molecule has 1 atom stereocenters. The Kier molecular flexibility index (Phi) is 5.55. The maximum Gasteiger partial charge on any atom is 0.319 e. The van der Waals surface area contributed by atoms with Gasteiger partial charge in [-0.15, -0.1) is 12.4 Å². The van der Waals surface area contributed by atoms with E-state index in [1.54, 1.807) is 0 Å². The summed E-state index contributed by atoms with van der Waals surface area (Å²) >= 11 is 0. The predicted molar refractivity (Wildman–Crippen MR) is 71.8 cm³/mol. The topological polar surface area (TPSA) is 77.0 Å². The number of anilines is 1. The van der Waals surface area contributed by atoms with Crippen LogP contribution < -0.4 is 16.0 Å². The van der Waals surface area contributed by atoms with Crippen LogP contribution in [-0.2, 0) is 0 Å². The van der Waals surface area contributed by atoms with Crippen molar-refractivity contribution in [2.45, 2.75) is 12.5 Å². The summed E-state index contributed by atoms with van der Waals surface area (Å²) in [5.41, 5.74) is 0.288. The van der Waals surface area contributed by atoms with E-state index in [0.717, 1.165) is 25.6 Å². The minimum atomic E-state index is -0.617. The van der Waals surface area contributed by atoms with Gasteiger partial charge in [0.2, 0.25) is 0 Å². The Balaban J connectivity index is 0.00000180. The van der Waals surface area contributed by atoms with Crippen molar-refractivity contribution in [1.29, 1.82) is 5.26 Å². The average molecular weight is 285 g/mol. The Bertz CT molecular complexity index is 497. The molecule has 0 aromatic heterocycles. The van der Waals surface area contributed by atoms with Crippen molar-refractivity contribution in [3.05, 3.63) is 29.6 Å². The number of nitriles is 1. The summed E-state index contributed by atoms with van der Waals surface area (Å²) < 4.78 is 13.5. The van der Waals surface area contributed by atoms with Crippen LogP contribution in [0.15, 0.2) is 18.2 Å². The Labute approximate surface area is 116 Å². The highest BCUT2D eigenvalue weighted by atomic mass is 35.5. The zero-order chi connectivity index (χ0) is 13.0. The molecule has 1 unspecified atom stereocenters. The van der Waals surface area contributed by atoms with Gasteiger partial charge in [0.05, 0.1) is 17.3 Å². The first-order chi connectivity index (χ1) is 8.69. The van der Waals surface area contributed by atoms with Crippen molar-refractivity contribution in [1.82, 2.24) is 10.6 Å². The van der Waals surface area contributed by atoms with E-state index in [1.807, 2.05) is 6.07 Å². The lowest BCUT2D eigenvalue weighted by molar-refractivity contribution is 0.249. The summed E-state index contributed by atoms with van der Waals surface area (Å²) in [5.74, 6) is -0.617. The summed E-state index contributed by atoms with van der Waals surface area (Å²) in [6.45, 7) is 1.60. The largest absolute Gasteiger partial charge is 0.334 e. The first kappa shape index (κ1) is 15.2. The van der Waals surface area contributed by atoms with Crippen LogP contribution >= 0.6 is 12.4 Å². The quantitative estimate of drug-likeness (QED) is 0.772. The number of amides is 2. The number of urea groups is 1. The van der Waals surface area contributed by atoms with Gasteiger partial charge >= 0.3 is 6.03 Å². The van der Waals surface area contributed by atoms with Gasteiger partial charge in [0, 0.05) is 12.6 Å². The molecule has 1 aliphatic heterocycles. The van der Waals surface area contributed by atoms with Gasteiger partial charge in [-0.1, -0.05) is 0 Å². The minimum Gasteiger partial charge on any atom is -0.334 e. The summed E-state index contributed by atoms with van der Waals surface area (Å²) in [6.07, 6.45) is 0.864. The molecule has 102 valence electrons. The number of halogens is 2.